The number of benzene rings is 2. The van der Waals surface area contributed by atoms with Crippen molar-refractivity contribution in [3.63, 3.8) is 0 Å². The molecule has 3 rings (SSSR count). The van der Waals surface area contributed by atoms with Gasteiger partial charge in [0.1, 0.15) is 5.70 Å². The minimum atomic E-state index is -0.366. The topological polar surface area (TPSA) is 58.2 Å². The molecule has 0 saturated heterocycles. The van der Waals surface area contributed by atoms with Gasteiger partial charge in [-0.15, -0.1) is 11.3 Å². The lowest BCUT2D eigenvalue weighted by atomic mass is 10.1. The Kier molecular flexibility index (Phi) is 5.84. The predicted molar refractivity (Wildman–Crippen MR) is 111 cm³/mol. The largest absolute Gasteiger partial charge is 0.321 e. The van der Waals surface area contributed by atoms with Crippen molar-refractivity contribution in [2.75, 3.05) is 5.32 Å². The van der Waals surface area contributed by atoms with Crippen LogP contribution in [0.3, 0.4) is 0 Å². The van der Waals surface area contributed by atoms with Crippen molar-refractivity contribution in [3.8, 4) is 0 Å². The number of carbonyl (C=O) groups excluding carboxylic acids is 2. The fraction of sp³-hybridized carbons (Fsp3) is 0.0909. The van der Waals surface area contributed by atoms with Gasteiger partial charge >= 0.3 is 0 Å². The summed E-state index contributed by atoms with van der Waals surface area (Å²) < 4.78 is 0. The van der Waals surface area contributed by atoms with Crippen LogP contribution in [0.1, 0.15) is 26.4 Å². The first-order valence-electron chi connectivity index (χ1n) is 8.52. The van der Waals surface area contributed by atoms with Gasteiger partial charge in [-0.1, -0.05) is 35.9 Å². The highest BCUT2D eigenvalue weighted by molar-refractivity contribution is 7.10. The maximum absolute atomic E-state index is 12.8. The van der Waals surface area contributed by atoms with Crippen LogP contribution in [0, 0.1) is 13.8 Å². The Bertz CT molecular complexity index is 974. The predicted octanol–water partition coefficient (Wildman–Crippen LogP) is 4.77. The molecule has 0 atom stereocenters. The van der Waals surface area contributed by atoms with Crippen LogP contribution < -0.4 is 10.6 Å². The third-order valence-corrected chi connectivity index (χ3v) is 4.73. The van der Waals surface area contributed by atoms with Gasteiger partial charge in [0.15, 0.2) is 0 Å². The van der Waals surface area contributed by atoms with Crippen molar-refractivity contribution >= 4 is 34.9 Å². The zero-order valence-electron chi connectivity index (χ0n) is 15.2. The highest BCUT2D eigenvalue weighted by atomic mass is 32.1. The molecule has 0 saturated carbocycles. The first kappa shape index (κ1) is 18.6. The van der Waals surface area contributed by atoms with E-state index in [4.69, 9.17) is 0 Å². The van der Waals surface area contributed by atoms with E-state index >= 15 is 0 Å². The first-order valence-corrected chi connectivity index (χ1v) is 9.40. The van der Waals surface area contributed by atoms with Crippen LogP contribution in [0.4, 0.5) is 5.69 Å². The van der Waals surface area contributed by atoms with Crippen LogP contribution in [0.15, 0.2) is 71.7 Å². The van der Waals surface area contributed by atoms with Crippen molar-refractivity contribution in [2.45, 2.75) is 13.8 Å². The van der Waals surface area contributed by atoms with Gasteiger partial charge in [0.2, 0.25) is 0 Å². The second-order valence-electron chi connectivity index (χ2n) is 6.22. The van der Waals surface area contributed by atoms with Gasteiger partial charge in [0.25, 0.3) is 11.8 Å². The Morgan fingerprint density at radius 2 is 1.70 bits per heavy atom. The fourth-order valence-corrected chi connectivity index (χ4v) is 3.15. The zero-order valence-corrected chi connectivity index (χ0v) is 16.0. The Balaban J connectivity index is 1.83. The van der Waals surface area contributed by atoms with Crippen molar-refractivity contribution in [2.24, 2.45) is 0 Å². The maximum atomic E-state index is 12.8. The van der Waals surface area contributed by atoms with E-state index in [1.165, 1.54) is 11.3 Å². The second-order valence-corrected chi connectivity index (χ2v) is 7.20. The molecule has 0 spiro atoms. The average Bonchev–Trinajstić information content (AvgIpc) is 3.15. The molecule has 0 radical (unpaired) electrons. The Morgan fingerprint density at radius 1 is 0.926 bits per heavy atom. The molecular weight excluding hydrogens is 356 g/mol. The summed E-state index contributed by atoms with van der Waals surface area (Å²) >= 11 is 1.49. The highest BCUT2D eigenvalue weighted by Gasteiger charge is 2.15. The van der Waals surface area contributed by atoms with E-state index in [0.717, 1.165) is 16.0 Å². The Labute approximate surface area is 162 Å². The molecule has 136 valence electrons. The standard InChI is InChI=1S/C22H20N2O2S/c1-15-8-10-17(11-9-15)21(25)24-20(14-19-7-4-12-27-19)22(26)23-18-6-3-5-16(2)13-18/h3-14H,1-2H3,(H,23,26)(H,24,25)/b20-14-. The molecule has 27 heavy (non-hydrogen) atoms. The van der Waals surface area contributed by atoms with E-state index in [2.05, 4.69) is 10.6 Å². The number of nitrogens with one attached hydrogen (secondary N) is 2. The number of amides is 2. The summed E-state index contributed by atoms with van der Waals surface area (Å²) in [6.45, 7) is 3.91. The molecule has 3 aromatic rings. The van der Waals surface area contributed by atoms with Crippen molar-refractivity contribution in [3.05, 3.63) is 93.3 Å². The molecule has 0 bridgehead atoms. The normalized spacial score (nSPS) is 11.1. The van der Waals surface area contributed by atoms with Crippen molar-refractivity contribution in [1.29, 1.82) is 0 Å². The third-order valence-electron chi connectivity index (χ3n) is 3.91. The number of carbonyl (C=O) groups is 2. The summed E-state index contributed by atoms with van der Waals surface area (Å²) in [6.07, 6.45) is 1.68. The van der Waals surface area contributed by atoms with Gasteiger partial charge in [0.05, 0.1) is 0 Å². The third kappa shape index (κ3) is 5.15. The quantitative estimate of drug-likeness (QED) is 0.630. The SMILES string of the molecule is Cc1ccc(C(=O)N/C(=C\c2cccs2)C(=O)Nc2cccc(C)c2)cc1. The summed E-state index contributed by atoms with van der Waals surface area (Å²) in [4.78, 5) is 26.2. The van der Waals surface area contributed by atoms with E-state index in [1.807, 2.05) is 67.8 Å². The van der Waals surface area contributed by atoms with E-state index in [1.54, 1.807) is 18.2 Å². The fourth-order valence-electron chi connectivity index (χ4n) is 2.49. The second kappa shape index (κ2) is 8.47. The molecule has 2 aromatic carbocycles. The first-order chi connectivity index (χ1) is 13.0. The highest BCUT2D eigenvalue weighted by Crippen LogP contribution is 2.16. The van der Waals surface area contributed by atoms with Gasteiger partial charge in [-0.05, 0) is 61.2 Å². The van der Waals surface area contributed by atoms with E-state index in [0.29, 0.717) is 11.3 Å². The number of anilines is 1. The molecule has 5 heteroatoms. The maximum Gasteiger partial charge on any atom is 0.272 e. The molecule has 0 aliphatic carbocycles. The molecule has 1 heterocycles. The monoisotopic (exact) mass is 376 g/mol. The minimum Gasteiger partial charge on any atom is -0.321 e. The molecular formula is C22H20N2O2S. The molecule has 2 amide bonds. The van der Waals surface area contributed by atoms with E-state index in [-0.39, 0.29) is 17.5 Å². The number of hydrogen-bond acceptors (Lipinski definition) is 3. The minimum absolute atomic E-state index is 0.199. The van der Waals surface area contributed by atoms with Crippen LogP contribution in [0.2, 0.25) is 0 Å². The van der Waals surface area contributed by atoms with E-state index < -0.39 is 0 Å². The number of rotatable bonds is 5. The van der Waals surface area contributed by atoms with Gasteiger partial charge in [-0.2, -0.15) is 0 Å². The Morgan fingerprint density at radius 3 is 2.37 bits per heavy atom. The molecule has 4 nitrogen and oxygen atoms in total. The number of thiophene rings is 1. The van der Waals surface area contributed by atoms with E-state index in [9.17, 15) is 9.59 Å². The number of aryl methyl sites for hydroxylation is 2. The van der Waals surface area contributed by atoms with Crippen LogP contribution in [-0.4, -0.2) is 11.8 Å². The van der Waals surface area contributed by atoms with Crippen LogP contribution in [-0.2, 0) is 4.79 Å². The smallest absolute Gasteiger partial charge is 0.272 e. The van der Waals surface area contributed by atoms with Crippen molar-refractivity contribution in [1.82, 2.24) is 5.32 Å². The lowest BCUT2D eigenvalue weighted by Crippen LogP contribution is -2.30. The molecule has 0 aliphatic rings. The lowest BCUT2D eigenvalue weighted by molar-refractivity contribution is -0.113. The summed E-state index contributed by atoms with van der Waals surface area (Å²) in [5, 5.41) is 7.51. The molecule has 0 fully saturated rings. The summed E-state index contributed by atoms with van der Waals surface area (Å²) in [6, 6.07) is 18.5. The van der Waals surface area contributed by atoms with Crippen LogP contribution in [0.5, 0.6) is 0 Å². The number of hydrogen-bond donors (Lipinski definition) is 2. The van der Waals surface area contributed by atoms with Crippen LogP contribution in [0.25, 0.3) is 6.08 Å². The van der Waals surface area contributed by atoms with Gasteiger partial charge in [0, 0.05) is 16.1 Å². The lowest BCUT2D eigenvalue weighted by Gasteiger charge is -2.11. The molecule has 0 aliphatic heterocycles. The summed E-state index contributed by atoms with van der Waals surface area (Å²) in [5.41, 5.74) is 3.49. The molecule has 1 aromatic heterocycles. The summed E-state index contributed by atoms with van der Waals surface area (Å²) in [5.74, 6) is -0.688. The summed E-state index contributed by atoms with van der Waals surface area (Å²) in [7, 11) is 0. The van der Waals surface area contributed by atoms with Gasteiger partial charge in [-0.25, -0.2) is 0 Å². The average molecular weight is 376 g/mol. The van der Waals surface area contributed by atoms with Gasteiger partial charge < -0.3 is 10.6 Å². The van der Waals surface area contributed by atoms with Crippen LogP contribution >= 0.6 is 11.3 Å². The van der Waals surface area contributed by atoms with Crippen molar-refractivity contribution < 1.29 is 9.59 Å². The molecule has 0 unspecified atom stereocenters. The Hall–Kier alpha value is -3.18. The van der Waals surface area contributed by atoms with Gasteiger partial charge in [-0.3, -0.25) is 9.59 Å². The molecule has 2 N–H and O–H groups in total. The zero-order chi connectivity index (χ0) is 19.2.